The van der Waals surface area contributed by atoms with E-state index in [2.05, 4.69) is 30.5 Å². The lowest BCUT2D eigenvalue weighted by molar-refractivity contribution is 0.101. The largest absolute Gasteiger partial charge is 0.297 e. The Morgan fingerprint density at radius 1 is 1.35 bits per heavy atom. The Labute approximate surface area is 97.7 Å². The van der Waals surface area contributed by atoms with Crippen molar-refractivity contribution in [3.8, 4) is 0 Å². The fraction of sp³-hybridized carbons (Fsp3) is 0.300. The highest BCUT2D eigenvalue weighted by Crippen LogP contribution is 2.08. The number of aromatic amines is 1. The number of amides is 1. The fourth-order valence-electron chi connectivity index (χ4n) is 1.16. The molecule has 0 saturated heterocycles. The van der Waals surface area contributed by atoms with E-state index in [-0.39, 0.29) is 17.7 Å². The molecule has 88 valence electrons. The zero-order chi connectivity index (χ0) is 12.3. The monoisotopic (exact) mass is 232 g/mol. The van der Waals surface area contributed by atoms with Gasteiger partial charge in [-0.25, -0.2) is 15.0 Å². The molecule has 0 bridgehead atoms. The number of H-pyrrole nitrogens is 1. The third-order valence-corrected chi connectivity index (χ3v) is 2.04. The van der Waals surface area contributed by atoms with Gasteiger partial charge in [-0.05, 0) is 6.07 Å². The molecular formula is C10H12N6O. The molecule has 0 atom stereocenters. The van der Waals surface area contributed by atoms with Gasteiger partial charge in [-0.3, -0.25) is 15.2 Å². The van der Waals surface area contributed by atoms with Crippen molar-refractivity contribution in [1.29, 1.82) is 0 Å². The van der Waals surface area contributed by atoms with Crippen LogP contribution in [0, 0.1) is 0 Å². The average molecular weight is 232 g/mol. The molecule has 0 aromatic carbocycles. The maximum absolute atomic E-state index is 11.7. The Morgan fingerprint density at radius 2 is 2.06 bits per heavy atom. The van der Waals surface area contributed by atoms with E-state index < -0.39 is 5.91 Å². The molecule has 2 N–H and O–H groups in total. The lowest BCUT2D eigenvalue weighted by Gasteiger charge is -1.98. The van der Waals surface area contributed by atoms with Gasteiger partial charge in [-0.2, -0.15) is 0 Å². The van der Waals surface area contributed by atoms with Crippen molar-refractivity contribution in [2.24, 2.45) is 0 Å². The highest BCUT2D eigenvalue weighted by Gasteiger charge is 2.14. The lowest BCUT2D eigenvalue weighted by atomic mass is 10.2. The predicted molar refractivity (Wildman–Crippen MR) is 60.5 cm³/mol. The van der Waals surface area contributed by atoms with E-state index in [4.69, 9.17) is 0 Å². The predicted octanol–water partition coefficient (Wildman–Crippen LogP) is 0.970. The van der Waals surface area contributed by atoms with Crippen LogP contribution in [0.1, 0.15) is 36.2 Å². The van der Waals surface area contributed by atoms with Crippen LogP contribution in [-0.2, 0) is 0 Å². The Kier molecular flexibility index (Phi) is 3.08. The van der Waals surface area contributed by atoms with Gasteiger partial charge >= 0.3 is 0 Å². The molecule has 2 aromatic heterocycles. The molecule has 2 rings (SSSR count). The Hall–Kier alpha value is -2.31. The molecule has 2 aromatic rings. The molecular weight excluding hydrogens is 220 g/mol. The van der Waals surface area contributed by atoms with E-state index in [1.807, 2.05) is 13.8 Å². The van der Waals surface area contributed by atoms with Crippen LogP contribution in [0.15, 0.2) is 18.5 Å². The van der Waals surface area contributed by atoms with Crippen LogP contribution in [0.5, 0.6) is 0 Å². The summed E-state index contributed by atoms with van der Waals surface area (Å²) < 4.78 is 0. The van der Waals surface area contributed by atoms with E-state index in [1.54, 1.807) is 18.5 Å². The minimum Gasteiger partial charge on any atom is -0.288 e. The van der Waals surface area contributed by atoms with Gasteiger partial charge in [-0.1, -0.05) is 13.8 Å². The normalized spacial score (nSPS) is 10.5. The summed E-state index contributed by atoms with van der Waals surface area (Å²) in [5.41, 5.74) is 0. The molecule has 0 radical (unpaired) electrons. The minimum absolute atomic E-state index is 0.0844. The van der Waals surface area contributed by atoms with Gasteiger partial charge in [0.05, 0.1) is 0 Å². The summed E-state index contributed by atoms with van der Waals surface area (Å²) >= 11 is 0. The lowest BCUT2D eigenvalue weighted by Crippen LogP contribution is -2.15. The van der Waals surface area contributed by atoms with Crippen molar-refractivity contribution in [1.82, 2.24) is 25.1 Å². The second-order valence-corrected chi connectivity index (χ2v) is 3.73. The van der Waals surface area contributed by atoms with Crippen molar-refractivity contribution in [2.45, 2.75) is 19.8 Å². The maximum Gasteiger partial charge on any atom is 0.297 e. The van der Waals surface area contributed by atoms with Gasteiger partial charge in [0.15, 0.2) is 0 Å². The summed E-state index contributed by atoms with van der Waals surface area (Å²) in [6, 6.07) is 1.67. The zero-order valence-corrected chi connectivity index (χ0v) is 9.51. The Bertz CT molecular complexity index is 507. The van der Waals surface area contributed by atoms with Gasteiger partial charge in [-0.15, -0.1) is 5.10 Å². The van der Waals surface area contributed by atoms with Crippen molar-refractivity contribution in [2.75, 3.05) is 5.32 Å². The van der Waals surface area contributed by atoms with Crippen LogP contribution >= 0.6 is 0 Å². The summed E-state index contributed by atoms with van der Waals surface area (Å²) in [5, 5.41) is 9.04. The standard InChI is InChI=1S/C10H12N6O/c1-6(2)7-13-8(16-15-7)9(17)14-10-11-4-3-5-12-10/h3-6H,1-2H3,(H,13,15,16)(H,11,12,14,17). The number of hydrogen-bond donors (Lipinski definition) is 2. The van der Waals surface area contributed by atoms with E-state index in [0.29, 0.717) is 5.82 Å². The van der Waals surface area contributed by atoms with E-state index >= 15 is 0 Å². The molecule has 0 spiro atoms. The SMILES string of the molecule is CC(C)c1nc(C(=O)Nc2ncccn2)n[nH]1. The van der Waals surface area contributed by atoms with Crippen molar-refractivity contribution in [3.63, 3.8) is 0 Å². The number of nitrogens with one attached hydrogen (secondary N) is 2. The van der Waals surface area contributed by atoms with Crippen LogP contribution in [-0.4, -0.2) is 31.1 Å². The molecule has 0 aliphatic carbocycles. The minimum atomic E-state index is -0.431. The van der Waals surface area contributed by atoms with E-state index in [9.17, 15) is 4.79 Å². The maximum atomic E-state index is 11.7. The molecule has 0 fully saturated rings. The van der Waals surface area contributed by atoms with Crippen LogP contribution in [0.4, 0.5) is 5.95 Å². The summed E-state index contributed by atoms with van der Waals surface area (Å²) in [6.07, 6.45) is 3.08. The molecule has 0 aliphatic rings. The molecule has 2 heterocycles. The number of nitrogens with zero attached hydrogens (tertiary/aromatic N) is 4. The number of aromatic nitrogens is 5. The quantitative estimate of drug-likeness (QED) is 0.821. The van der Waals surface area contributed by atoms with Crippen molar-refractivity contribution in [3.05, 3.63) is 30.1 Å². The highest BCUT2D eigenvalue weighted by atomic mass is 16.2. The average Bonchev–Trinajstić information content (AvgIpc) is 2.79. The number of rotatable bonds is 3. The van der Waals surface area contributed by atoms with E-state index in [0.717, 1.165) is 0 Å². The first kappa shape index (κ1) is 11.2. The van der Waals surface area contributed by atoms with Gasteiger partial charge in [0.25, 0.3) is 5.91 Å². The molecule has 0 saturated carbocycles. The number of carbonyl (C=O) groups is 1. The van der Waals surface area contributed by atoms with Crippen LogP contribution in [0.3, 0.4) is 0 Å². The number of carbonyl (C=O) groups excluding carboxylic acids is 1. The number of hydrogen-bond acceptors (Lipinski definition) is 5. The summed E-state index contributed by atoms with van der Waals surface area (Å²) in [6.45, 7) is 3.92. The summed E-state index contributed by atoms with van der Waals surface area (Å²) in [4.78, 5) is 23.5. The second kappa shape index (κ2) is 4.69. The Morgan fingerprint density at radius 3 is 2.65 bits per heavy atom. The van der Waals surface area contributed by atoms with Crippen LogP contribution in [0.2, 0.25) is 0 Å². The first-order valence-electron chi connectivity index (χ1n) is 5.17. The third-order valence-electron chi connectivity index (χ3n) is 2.04. The zero-order valence-electron chi connectivity index (χ0n) is 9.51. The van der Waals surface area contributed by atoms with Crippen molar-refractivity contribution < 1.29 is 4.79 Å². The summed E-state index contributed by atoms with van der Waals surface area (Å²) in [5.74, 6) is 0.745. The first-order chi connectivity index (χ1) is 8.16. The molecule has 1 amide bonds. The molecule has 7 nitrogen and oxygen atoms in total. The van der Waals surface area contributed by atoms with Crippen molar-refractivity contribution >= 4 is 11.9 Å². The third kappa shape index (κ3) is 2.63. The summed E-state index contributed by atoms with van der Waals surface area (Å²) in [7, 11) is 0. The highest BCUT2D eigenvalue weighted by molar-refractivity contribution is 6.00. The van der Waals surface area contributed by atoms with Gasteiger partial charge in [0.2, 0.25) is 11.8 Å². The smallest absolute Gasteiger partial charge is 0.288 e. The van der Waals surface area contributed by atoms with Gasteiger partial charge < -0.3 is 0 Å². The molecule has 7 heteroatoms. The topological polar surface area (TPSA) is 96.5 Å². The first-order valence-corrected chi connectivity index (χ1v) is 5.17. The van der Waals surface area contributed by atoms with Crippen LogP contribution < -0.4 is 5.32 Å². The van der Waals surface area contributed by atoms with Gasteiger partial charge in [0.1, 0.15) is 5.82 Å². The Balaban J connectivity index is 2.10. The second-order valence-electron chi connectivity index (χ2n) is 3.73. The fourth-order valence-corrected chi connectivity index (χ4v) is 1.16. The molecule has 17 heavy (non-hydrogen) atoms. The van der Waals surface area contributed by atoms with Crippen LogP contribution in [0.25, 0.3) is 0 Å². The van der Waals surface area contributed by atoms with Gasteiger partial charge in [0, 0.05) is 18.3 Å². The molecule has 0 unspecified atom stereocenters. The molecule has 0 aliphatic heterocycles. The number of anilines is 1. The van der Waals surface area contributed by atoms with E-state index in [1.165, 1.54) is 0 Å².